The number of nitro groups is 1. The Morgan fingerprint density at radius 1 is 1.23 bits per heavy atom. The first-order chi connectivity index (χ1) is 12.4. The molecular weight excluding hydrogens is 454 g/mol. The van der Waals surface area contributed by atoms with Crippen molar-refractivity contribution in [3.05, 3.63) is 33.4 Å². The van der Waals surface area contributed by atoms with Gasteiger partial charge in [-0.2, -0.15) is 0 Å². The first-order valence-electron chi connectivity index (χ1n) is 8.82. The molecule has 0 spiro atoms. The molecule has 1 aromatic rings. The van der Waals surface area contributed by atoms with Gasteiger partial charge in [-0.25, -0.2) is 0 Å². The summed E-state index contributed by atoms with van der Waals surface area (Å²) in [6.07, 6.45) is 8.63. The molecule has 1 N–H and O–H groups in total. The molecule has 1 aromatic carbocycles. The summed E-state index contributed by atoms with van der Waals surface area (Å²) in [5.74, 6) is 2.37. The Morgan fingerprint density at radius 3 is 2.15 bits per heavy atom. The van der Waals surface area contributed by atoms with Crippen LogP contribution in [0.5, 0.6) is 5.75 Å². The fraction of sp³-hybridized carbons (Fsp3) is 0.611. The van der Waals surface area contributed by atoms with E-state index in [1.807, 2.05) is 0 Å². The third-order valence-electron chi connectivity index (χ3n) is 6.21. The molecule has 4 saturated carbocycles. The third-order valence-corrected chi connectivity index (χ3v) is 6.21. The molecule has 5 rings (SSSR count). The zero-order valence-electron chi connectivity index (χ0n) is 14.6. The molecule has 0 amide bonds. The normalized spacial score (nSPS) is 31.6. The van der Waals surface area contributed by atoms with Crippen LogP contribution < -0.4 is 0 Å². The van der Waals surface area contributed by atoms with E-state index in [1.165, 1.54) is 31.5 Å². The van der Waals surface area contributed by atoms with E-state index in [9.17, 15) is 15.2 Å². The van der Waals surface area contributed by atoms with E-state index in [-0.39, 0.29) is 21.8 Å². The quantitative estimate of drug-likeness (QED) is 0.370. The molecule has 5 nitrogen and oxygen atoms in total. The summed E-state index contributed by atoms with van der Waals surface area (Å²) < 4.78 is 0. The predicted octanol–water partition coefficient (Wildman–Crippen LogP) is 5.19. The molecule has 0 radical (unpaired) electrons. The van der Waals surface area contributed by atoms with Crippen molar-refractivity contribution in [1.82, 2.24) is 0 Å². The Bertz CT molecular complexity index is 691. The number of rotatable bonds is 3. The van der Waals surface area contributed by atoms with Crippen molar-refractivity contribution in [2.24, 2.45) is 22.7 Å². The van der Waals surface area contributed by atoms with Crippen LogP contribution in [0.3, 0.4) is 0 Å². The number of aromatic hydroxyl groups is 1. The molecule has 4 bridgehead atoms. The number of halogens is 2. The number of nitro benzene ring substituents is 1. The Hall–Kier alpha value is -0.447. The second-order valence-electron chi connectivity index (χ2n) is 7.84. The van der Waals surface area contributed by atoms with Crippen molar-refractivity contribution in [2.75, 3.05) is 7.05 Å². The molecule has 0 saturated heterocycles. The Labute approximate surface area is 172 Å². The zero-order chi connectivity index (χ0) is 18.9. The summed E-state index contributed by atoms with van der Waals surface area (Å²) in [5.41, 5.74) is 1.25. The summed E-state index contributed by atoms with van der Waals surface area (Å²) in [6, 6.07) is 3.04. The standard InChI is InChI=1S/C18H22N2O3.2ClH.Zr/c1-19-10-14-5-15(20(22)23)6-16(17(14)21)18-7-11-2-12(8-18)4-13(3-11)9-18;;;/h5-6,10-13,21H,2-4,7-9H2,1H3;2*1H;/q;;;+2/p-2. The summed E-state index contributed by atoms with van der Waals surface area (Å²) in [6.45, 7) is 0. The van der Waals surface area contributed by atoms with E-state index in [2.05, 4.69) is 4.99 Å². The molecule has 140 valence electrons. The summed E-state index contributed by atoms with van der Waals surface area (Å²) in [7, 11) is 11.5. The summed E-state index contributed by atoms with van der Waals surface area (Å²) in [5, 5.41) is 22.1. The van der Waals surface area contributed by atoms with Crippen molar-refractivity contribution >= 4 is 28.9 Å². The molecule has 8 heteroatoms. The van der Waals surface area contributed by atoms with Crippen molar-refractivity contribution < 1.29 is 30.9 Å². The zero-order valence-corrected chi connectivity index (χ0v) is 18.6. The Kier molecular flexibility index (Phi) is 6.46. The topological polar surface area (TPSA) is 75.7 Å². The number of benzene rings is 1. The first-order valence-corrected chi connectivity index (χ1v) is 15.2. The average molecular weight is 477 g/mol. The number of non-ortho nitro benzene ring substituents is 1. The van der Waals surface area contributed by atoms with Crippen LogP contribution in [0.1, 0.15) is 49.7 Å². The van der Waals surface area contributed by atoms with Crippen molar-refractivity contribution in [1.29, 1.82) is 0 Å². The van der Waals surface area contributed by atoms with Gasteiger partial charge in [0, 0.05) is 41.9 Å². The van der Waals surface area contributed by atoms with Crippen molar-refractivity contribution in [3.8, 4) is 5.75 Å². The fourth-order valence-corrected chi connectivity index (χ4v) is 5.83. The van der Waals surface area contributed by atoms with Gasteiger partial charge in [0.05, 0.1) is 4.92 Å². The van der Waals surface area contributed by atoms with E-state index in [1.54, 1.807) is 13.1 Å². The van der Waals surface area contributed by atoms with E-state index in [0.717, 1.165) is 42.6 Å². The monoisotopic (exact) mass is 474 g/mol. The summed E-state index contributed by atoms with van der Waals surface area (Å²) >= 11 is -0.826. The molecular formula is C18H22Cl2N2O3Zr. The molecule has 4 aliphatic carbocycles. The number of hydrogen-bond acceptors (Lipinski definition) is 4. The van der Waals surface area contributed by atoms with E-state index < -0.39 is 20.8 Å². The van der Waals surface area contributed by atoms with Crippen LogP contribution in [0, 0.1) is 27.9 Å². The van der Waals surface area contributed by atoms with Crippen LogP contribution in [-0.4, -0.2) is 23.3 Å². The van der Waals surface area contributed by atoms with Gasteiger partial charge < -0.3 is 5.11 Å². The molecule has 4 fully saturated rings. The van der Waals surface area contributed by atoms with E-state index >= 15 is 0 Å². The first kappa shape index (κ1) is 20.3. The van der Waals surface area contributed by atoms with Crippen LogP contribution in [-0.2, 0) is 26.3 Å². The van der Waals surface area contributed by atoms with Gasteiger partial charge in [-0.15, -0.1) is 0 Å². The number of hydrogen-bond donors (Lipinski definition) is 1. The van der Waals surface area contributed by atoms with Crippen LogP contribution in [0.4, 0.5) is 5.69 Å². The maximum absolute atomic E-state index is 11.3. The minimum absolute atomic E-state index is 0.0587. The van der Waals surface area contributed by atoms with Crippen molar-refractivity contribution in [3.63, 3.8) is 0 Å². The van der Waals surface area contributed by atoms with Gasteiger partial charge in [-0.05, 0) is 56.3 Å². The van der Waals surface area contributed by atoms with Crippen LogP contribution in [0.25, 0.3) is 0 Å². The molecule has 0 atom stereocenters. The van der Waals surface area contributed by atoms with E-state index in [0.29, 0.717) is 5.56 Å². The van der Waals surface area contributed by atoms with Crippen LogP contribution in [0.15, 0.2) is 17.1 Å². The van der Waals surface area contributed by atoms with Gasteiger partial charge in [0.1, 0.15) is 5.75 Å². The maximum atomic E-state index is 11.3. The van der Waals surface area contributed by atoms with Gasteiger partial charge in [0.15, 0.2) is 0 Å². The number of phenols is 1. The van der Waals surface area contributed by atoms with Gasteiger partial charge in [-0.1, -0.05) is 0 Å². The molecule has 26 heavy (non-hydrogen) atoms. The van der Waals surface area contributed by atoms with Gasteiger partial charge in [-0.3, -0.25) is 15.1 Å². The molecule has 4 aliphatic rings. The number of nitrogens with zero attached hydrogens (tertiary/aromatic N) is 2. The van der Waals surface area contributed by atoms with Gasteiger partial charge >= 0.3 is 37.9 Å². The van der Waals surface area contributed by atoms with Gasteiger partial charge in [0.25, 0.3) is 5.69 Å². The minimum atomic E-state index is -0.826. The number of aliphatic imine (C=N–C) groups is 1. The molecule has 0 unspecified atom stereocenters. The summed E-state index contributed by atoms with van der Waals surface area (Å²) in [4.78, 5) is 14.9. The van der Waals surface area contributed by atoms with Gasteiger partial charge in [0.2, 0.25) is 0 Å². The Balaban J connectivity index is 0.000000613. The fourth-order valence-electron chi connectivity index (χ4n) is 5.83. The number of phenolic OH excluding ortho intramolecular Hbond substituents is 1. The van der Waals surface area contributed by atoms with Crippen LogP contribution in [0.2, 0.25) is 0 Å². The molecule has 0 aliphatic heterocycles. The Morgan fingerprint density at radius 2 is 1.73 bits per heavy atom. The van der Waals surface area contributed by atoms with Crippen LogP contribution >= 0.6 is 17.0 Å². The molecule has 0 aromatic heterocycles. The van der Waals surface area contributed by atoms with E-state index in [4.69, 9.17) is 17.0 Å². The third kappa shape index (κ3) is 3.88. The van der Waals surface area contributed by atoms with Crippen molar-refractivity contribution in [2.45, 2.75) is 43.9 Å². The second kappa shape index (κ2) is 8.28. The average Bonchev–Trinajstić information content (AvgIpc) is 2.56. The molecule has 0 heterocycles. The SMILES string of the molecule is CN=Cc1cc([N+](=O)[O-])cc(C23CC4CC(CC(C4)C2)C3)c1O.[Cl][Zr][Cl]. The second-order valence-corrected chi connectivity index (χ2v) is 11.6. The predicted molar refractivity (Wildman–Crippen MR) is 99.8 cm³/mol.